The Morgan fingerprint density at radius 2 is 1.85 bits per heavy atom. The van der Waals surface area contributed by atoms with Crippen molar-refractivity contribution < 1.29 is 14.7 Å². The van der Waals surface area contributed by atoms with E-state index in [0.29, 0.717) is 27.5 Å². The van der Waals surface area contributed by atoms with Gasteiger partial charge in [-0.2, -0.15) is 9.78 Å². The monoisotopic (exact) mass is 480 g/mol. The molecule has 0 saturated heterocycles. The topological polar surface area (TPSA) is 96.3 Å². The van der Waals surface area contributed by atoms with Crippen LogP contribution in [0.3, 0.4) is 0 Å². The summed E-state index contributed by atoms with van der Waals surface area (Å²) in [6.45, 7) is 3.97. The molecule has 0 spiro atoms. The summed E-state index contributed by atoms with van der Waals surface area (Å²) in [4.78, 5) is 25.6. The van der Waals surface area contributed by atoms with Crippen LogP contribution in [0.15, 0.2) is 48.5 Å². The summed E-state index contributed by atoms with van der Waals surface area (Å²) in [5.41, 5.74) is 2.76. The summed E-state index contributed by atoms with van der Waals surface area (Å²) in [5, 5.41) is 21.5. The van der Waals surface area contributed by atoms with Crippen molar-refractivity contribution in [3.05, 3.63) is 64.8 Å². The van der Waals surface area contributed by atoms with Crippen LogP contribution in [0.1, 0.15) is 67.9 Å². The molecule has 7 nitrogen and oxygen atoms in total. The Kier molecular flexibility index (Phi) is 7.22. The van der Waals surface area contributed by atoms with E-state index in [1.54, 1.807) is 36.4 Å². The SMILES string of the molecule is CCC(C)NC(=O)n1nc(-c2cc(NC(=O)c3ccc(Cl)cc3)ccc2O)cc1C1CCCC1. The van der Waals surface area contributed by atoms with Gasteiger partial charge in [0, 0.05) is 33.8 Å². The minimum Gasteiger partial charge on any atom is -0.507 e. The molecule has 1 aliphatic carbocycles. The van der Waals surface area contributed by atoms with Crippen molar-refractivity contribution in [2.45, 2.75) is 57.9 Å². The lowest BCUT2D eigenvalue weighted by Gasteiger charge is -2.15. The number of rotatable bonds is 6. The van der Waals surface area contributed by atoms with Gasteiger partial charge in [-0.25, -0.2) is 4.79 Å². The first-order valence-corrected chi connectivity index (χ1v) is 12.0. The Balaban J connectivity index is 1.65. The summed E-state index contributed by atoms with van der Waals surface area (Å²) < 4.78 is 1.44. The molecule has 1 fully saturated rings. The van der Waals surface area contributed by atoms with Crippen LogP contribution < -0.4 is 10.6 Å². The van der Waals surface area contributed by atoms with E-state index in [0.717, 1.165) is 37.8 Å². The Morgan fingerprint density at radius 1 is 1.15 bits per heavy atom. The van der Waals surface area contributed by atoms with Gasteiger partial charge in [-0.15, -0.1) is 0 Å². The van der Waals surface area contributed by atoms with Gasteiger partial charge in [-0.3, -0.25) is 4.79 Å². The maximum absolute atomic E-state index is 13.0. The average Bonchev–Trinajstić information content (AvgIpc) is 3.50. The molecule has 1 atom stereocenters. The first-order valence-electron chi connectivity index (χ1n) is 11.7. The molecule has 1 aromatic heterocycles. The number of anilines is 1. The summed E-state index contributed by atoms with van der Waals surface area (Å²) in [5.74, 6) is -0.0216. The van der Waals surface area contributed by atoms with Gasteiger partial charge in [0.25, 0.3) is 5.91 Å². The summed E-state index contributed by atoms with van der Waals surface area (Å²) >= 11 is 5.91. The predicted molar refractivity (Wildman–Crippen MR) is 134 cm³/mol. The van der Waals surface area contributed by atoms with E-state index in [9.17, 15) is 14.7 Å². The molecule has 2 aromatic carbocycles. The van der Waals surface area contributed by atoms with Crippen LogP contribution in [-0.4, -0.2) is 32.9 Å². The van der Waals surface area contributed by atoms with Gasteiger partial charge in [0.2, 0.25) is 0 Å². The van der Waals surface area contributed by atoms with Gasteiger partial charge >= 0.3 is 6.03 Å². The molecule has 3 N–H and O–H groups in total. The normalized spacial score (nSPS) is 14.7. The average molecular weight is 481 g/mol. The number of carbonyl (C=O) groups is 2. The maximum atomic E-state index is 13.0. The number of hydrogen-bond acceptors (Lipinski definition) is 4. The molecule has 3 aromatic rings. The Morgan fingerprint density at radius 3 is 2.53 bits per heavy atom. The van der Waals surface area contributed by atoms with Crippen LogP contribution in [0, 0.1) is 0 Å². The molecule has 178 valence electrons. The molecule has 1 heterocycles. The number of halogens is 1. The highest BCUT2D eigenvalue weighted by atomic mass is 35.5. The van der Waals surface area contributed by atoms with Crippen molar-refractivity contribution in [2.75, 3.05) is 5.32 Å². The fraction of sp³-hybridized carbons (Fsp3) is 0.346. The van der Waals surface area contributed by atoms with Crippen molar-refractivity contribution in [2.24, 2.45) is 0 Å². The highest BCUT2D eigenvalue weighted by molar-refractivity contribution is 6.30. The van der Waals surface area contributed by atoms with Crippen LogP contribution in [0.25, 0.3) is 11.3 Å². The zero-order chi connectivity index (χ0) is 24.2. The molecular formula is C26H29ClN4O3. The van der Waals surface area contributed by atoms with Crippen LogP contribution in [-0.2, 0) is 0 Å². The number of aromatic hydroxyl groups is 1. The van der Waals surface area contributed by atoms with Gasteiger partial charge in [0.15, 0.2) is 0 Å². The quantitative estimate of drug-likeness (QED) is 0.367. The first kappa shape index (κ1) is 23.8. The van der Waals surface area contributed by atoms with Gasteiger partial charge < -0.3 is 15.7 Å². The number of nitrogens with zero attached hydrogens (tertiary/aromatic N) is 2. The molecule has 2 amide bonds. The van der Waals surface area contributed by atoms with E-state index in [1.807, 2.05) is 19.9 Å². The second-order valence-electron chi connectivity index (χ2n) is 8.80. The van der Waals surface area contributed by atoms with Gasteiger partial charge in [-0.05, 0) is 74.7 Å². The van der Waals surface area contributed by atoms with Crippen LogP contribution in [0.2, 0.25) is 5.02 Å². The zero-order valence-corrected chi connectivity index (χ0v) is 20.1. The Labute approximate surface area is 204 Å². The van der Waals surface area contributed by atoms with E-state index >= 15 is 0 Å². The Hall–Kier alpha value is -3.32. The number of phenolic OH excluding ortho intramolecular Hbond substituents is 1. The van der Waals surface area contributed by atoms with Gasteiger partial charge in [0.1, 0.15) is 5.75 Å². The number of nitrogens with one attached hydrogen (secondary N) is 2. The molecule has 0 radical (unpaired) electrons. The highest BCUT2D eigenvalue weighted by Gasteiger charge is 2.26. The van der Waals surface area contributed by atoms with E-state index in [4.69, 9.17) is 11.6 Å². The summed E-state index contributed by atoms with van der Waals surface area (Å²) in [7, 11) is 0. The zero-order valence-electron chi connectivity index (χ0n) is 19.3. The number of amides is 2. The number of benzene rings is 2. The second kappa shape index (κ2) is 10.3. The third kappa shape index (κ3) is 5.25. The fourth-order valence-electron chi connectivity index (χ4n) is 4.20. The maximum Gasteiger partial charge on any atom is 0.342 e. The number of carbonyl (C=O) groups excluding carboxylic acids is 2. The van der Waals surface area contributed by atoms with Crippen molar-refractivity contribution in [1.82, 2.24) is 15.1 Å². The molecule has 4 rings (SSSR count). The van der Waals surface area contributed by atoms with E-state index in [2.05, 4.69) is 15.7 Å². The summed E-state index contributed by atoms with van der Waals surface area (Å²) in [6.07, 6.45) is 5.07. The first-order chi connectivity index (χ1) is 16.4. The third-order valence-corrected chi connectivity index (χ3v) is 6.57. The van der Waals surface area contributed by atoms with Crippen molar-refractivity contribution in [1.29, 1.82) is 0 Å². The lowest BCUT2D eigenvalue weighted by molar-refractivity contribution is 0.102. The molecule has 34 heavy (non-hydrogen) atoms. The van der Waals surface area contributed by atoms with Crippen molar-refractivity contribution >= 4 is 29.2 Å². The largest absolute Gasteiger partial charge is 0.507 e. The number of phenols is 1. The van der Waals surface area contributed by atoms with Gasteiger partial charge in [0.05, 0.1) is 11.4 Å². The minimum atomic E-state index is -0.293. The van der Waals surface area contributed by atoms with Crippen LogP contribution >= 0.6 is 11.6 Å². The van der Waals surface area contributed by atoms with E-state index in [-0.39, 0.29) is 29.6 Å². The minimum absolute atomic E-state index is 0.0226. The number of aromatic nitrogens is 2. The standard InChI is InChI=1S/C26H29ClN4O3/c1-3-16(2)28-26(34)31-23(17-6-4-5-7-17)15-22(30-31)21-14-20(12-13-24(21)32)29-25(33)18-8-10-19(27)11-9-18/h8-17,32H,3-7H2,1-2H3,(H,28,34)(H,29,33). The molecule has 1 aliphatic rings. The van der Waals surface area contributed by atoms with Gasteiger partial charge in [-0.1, -0.05) is 31.4 Å². The van der Waals surface area contributed by atoms with Crippen LogP contribution in [0.4, 0.5) is 10.5 Å². The third-order valence-electron chi connectivity index (χ3n) is 6.32. The van der Waals surface area contributed by atoms with Crippen LogP contribution in [0.5, 0.6) is 5.75 Å². The summed E-state index contributed by atoms with van der Waals surface area (Å²) in [6, 6.07) is 13.0. The smallest absolute Gasteiger partial charge is 0.342 e. The molecule has 1 saturated carbocycles. The Bertz CT molecular complexity index is 1180. The van der Waals surface area contributed by atoms with E-state index < -0.39 is 0 Å². The lowest BCUT2D eigenvalue weighted by Crippen LogP contribution is -2.37. The molecular weight excluding hydrogens is 452 g/mol. The van der Waals surface area contributed by atoms with Crippen molar-refractivity contribution in [3.63, 3.8) is 0 Å². The lowest BCUT2D eigenvalue weighted by atomic mass is 10.0. The predicted octanol–water partition coefficient (Wildman–Crippen LogP) is 6.18. The second-order valence-corrected chi connectivity index (χ2v) is 9.24. The van der Waals surface area contributed by atoms with E-state index in [1.165, 1.54) is 10.7 Å². The molecule has 8 heteroatoms. The van der Waals surface area contributed by atoms with Crippen molar-refractivity contribution in [3.8, 4) is 17.0 Å². The highest BCUT2D eigenvalue weighted by Crippen LogP contribution is 2.38. The molecule has 0 bridgehead atoms. The fourth-order valence-corrected chi connectivity index (χ4v) is 4.33. The number of hydrogen-bond donors (Lipinski definition) is 3. The molecule has 1 unspecified atom stereocenters. The molecule has 0 aliphatic heterocycles.